The lowest BCUT2D eigenvalue weighted by atomic mass is 10.1. The zero-order chi connectivity index (χ0) is 9.14. The molecule has 0 saturated heterocycles. The Morgan fingerprint density at radius 1 is 1.75 bits per heavy atom. The van der Waals surface area contributed by atoms with Gasteiger partial charge < -0.3 is 5.11 Å². The number of halogens is 1. The van der Waals surface area contributed by atoms with E-state index in [0.29, 0.717) is 12.0 Å². The Labute approximate surface area is 77.8 Å². The van der Waals surface area contributed by atoms with Crippen molar-refractivity contribution in [2.45, 2.75) is 13.3 Å². The predicted octanol–water partition coefficient (Wildman–Crippen LogP) is 1.50. The number of aryl methyl sites for hydroxylation is 1. The van der Waals surface area contributed by atoms with Crippen molar-refractivity contribution in [2.24, 2.45) is 0 Å². The van der Waals surface area contributed by atoms with Crippen molar-refractivity contribution in [1.29, 1.82) is 0 Å². The molecule has 0 unspecified atom stereocenters. The van der Waals surface area contributed by atoms with E-state index in [0.717, 1.165) is 0 Å². The van der Waals surface area contributed by atoms with Gasteiger partial charge in [0.05, 0.1) is 11.8 Å². The Kier molecular flexibility index (Phi) is 2.75. The lowest BCUT2D eigenvalue weighted by molar-refractivity contribution is 0.0694. The molecule has 0 aromatic carbocycles. The second kappa shape index (κ2) is 3.62. The van der Waals surface area contributed by atoms with Gasteiger partial charge in [0, 0.05) is 0 Å². The molecule has 12 heavy (non-hydrogen) atoms. The number of aromatic carboxylic acids is 1. The lowest BCUT2D eigenvalue weighted by Crippen LogP contribution is -2.05. The maximum atomic E-state index is 10.7. The van der Waals surface area contributed by atoms with Crippen molar-refractivity contribution in [2.75, 3.05) is 0 Å². The van der Waals surface area contributed by atoms with Crippen LogP contribution in [-0.2, 0) is 6.42 Å². The second-order valence-electron chi connectivity index (χ2n) is 2.19. The molecule has 1 N–H and O–H groups in total. The van der Waals surface area contributed by atoms with Crippen molar-refractivity contribution < 1.29 is 9.90 Å². The van der Waals surface area contributed by atoms with Gasteiger partial charge in [-0.15, -0.1) is 5.10 Å². The Bertz CT molecular complexity index is 314. The van der Waals surface area contributed by atoms with Crippen molar-refractivity contribution in [3.05, 3.63) is 21.9 Å². The molecule has 0 atom stereocenters. The number of nitrogens with zero attached hydrogens (tertiary/aromatic N) is 2. The molecule has 4 nitrogen and oxygen atoms in total. The summed E-state index contributed by atoms with van der Waals surface area (Å²) in [7, 11) is 0. The average molecular weight is 231 g/mol. The number of rotatable bonds is 2. The SMILES string of the molecule is CCc1cnnc(Br)c1C(=O)O. The first kappa shape index (κ1) is 9.12. The smallest absolute Gasteiger partial charge is 0.338 e. The van der Waals surface area contributed by atoms with Crippen molar-refractivity contribution in [1.82, 2.24) is 10.2 Å². The van der Waals surface area contributed by atoms with E-state index in [9.17, 15) is 4.79 Å². The molecule has 0 aliphatic rings. The molecule has 0 saturated carbocycles. The minimum atomic E-state index is -0.978. The van der Waals surface area contributed by atoms with Crippen LogP contribution in [0.1, 0.15) is 22.8 Å². The summed E-state index contributed by atoms with van der Waals surface area (Å²) in [6, 6.07) is 0. The van der Waals surface area contributed by atoms with Crippen LogP contribution in [0.15, 0.2) is 10.8 Å². The fourth-order valence-corrected chi connectivity index (χ4v) is 1.41. The summed E-state index contributed by atoms with van der Waals surface area (Å²) in [5.74, 6) is -0.978. The van der Waals surface area contributed by atoms with Gasteiger partial charge in [0.2, 0.25) is 0 Å². The highest BCUT2D eigenvalue weighted by Gasteiger charge is 2.14. The molecular formula is C7H7BrN2O2. The highest BCUT2D eigenvalue weighted by atomic mass is 79.9. The summed E-state index contributed by atoms with van der Waals surface area (Å²) in [6.45, 7) is 1.87. The highest BCUT2D eigenvalue weighted by molar-refractivity contribution is 9.10. The van der Waals surface area contributed by atoms with Crippen LogP contribution in [0.3, 0.4) is 0 Å². The van der Waals surface area contributed by atoms with E-state index in [1.54, 1.807) is 0 Å². The fraction of sp³-hybridized carbons (Fsp3) is 0.286. The summed E-state index contributed by atoms with van der Waals surface area (Å²) in [6.07, 6.45) is 2.10. The van der Waals surface area contributed by atoms with Gasteiger partial charge in [0.25, 0.3) is 0 Å². The molecule has 1 aromatic heterocycles. The largest absolute Gasteiger partial charge is 0.478 e. The average Bonchev–Trinajstić information content (AvgIpc) is 2.03. The van der Waals surface area contributed by atoms with E-state index in [1.165, 1.54) is 6.20 Å². The molecule has 0 bridgehead atoms. The molecule has 1 aromatic rings. The number of hydrogen-bond acceptors (Lipinski definition) is 3. The van der Waals surface area contributed by atoms with Crippen LogP contribution in [0.25, 0.3) is 0 Å². The fourth-order valence-electron chi connectivity index (χ4n) is 0.890. The van der Waals surface area contributed by atoms with Crippen LogP contribution in [0, 0.1) is 0 Å². The van der Waals surface area contributed by atoms with Crippen LogP contribution in [-0.4, -0.2) is 21.3 Å². The van der Waals surface area contributed by atoms with E-state index in [-0.39, 0.29) is 10.2 Å². The van der Waals surface area contributed by atoms with Crippen molar-refractivity contribution in [3.63, 3.8) is 0 Å². The Morgan fingerprint density at radius 2 is 2.42 bits per heavy atom. The van der Waals surface area contributed by atoms with E-state index >= 15 is 0 Å². The van der Waals surface area contributed by atoms with Gasteiger partial charge in [-0.2, -0.15) is 5.10 Å². The predicted molar refractivity (Wildman–Crippen MR) is 46.1 cm³/mol. The maximum Gasteiger partial charge on any atom is 0.338 e. The van der Waals surface area contributed by atoms with Gasteiger partial charge in [-0.1, -0.05) is 6.92 Å². The third-order valence-corrected chi connectivity index (χ3v) is 2.04. The van der Waals surface area contributed by atoms with Gasteiger partial charge >= 0.3 is 5.97 Å². The quantitative estimate of drug-likeness (QED) is 0.837. The van der Waals surface area contributed by atoms with Crippen LogP contribution in [0.2, 0.25) is 0 Å². The Morgan fingerprint density at radius 3 is 2.83 bits per heavy atom. The third kappa shape index (κ3) is 1.61. The molecule has 1 heterocycles. The number of aromatic nitrogens is 2. The van der Waals surface area contributed by atoms with Gasteiger partial charge in [-0.3, -0.25) is 0 Å². The van der Waals surface area contributed by atoms with Crippen LogP contribution < -0.4 is 0 Å². The van der Waals surface area contributed by atoms with Gasteiger partial charge in [0.15, 0.2) is 0 Å². The van der Waals surface area contributed by atoms with E-state index in [4.69, 9.17) is 5.11 Å². The topological polar surface area (TPSA) is 63.1 Å². The zero-order valence-corrected chi connectivity index (χ0v) is 8.00. The zero-order valence-electron chi connectivity index (χ0n) is 6.41. The van der Waals surface area contributed by atoms with Crippen molar-refractivity contribution >= 4 is 21.9 Å². The third-order valence-electron chi connectivity index (χ3n) is 1.48. The standard InChI is InChI=1S/C7H7BrN2O2/c1-2-4-3-9-10-6(8)5(4)7(11)12/h3H,2H2,1H3,(H,11,12). The lowest BCUT2D eigenvalue weighted by Gasteiger charge is -2.02. The summed E-state index contributed by atoms with van der Waals surface area (Å²) in [4.78, 5) is 10.7. The molecule has 0 aliphatic carbocycles. The maximum absolute atomic E-state index is 10.7. The molecule has 0 spiro atoms. The first-order valence-corrected chi connectivity index (χ1v) is 4.19. The number of carboxylic acids is 1. The van der Waals surface area contributed by atoms with Crippen LogP contribution in [0.5, 0.6) is 0 Å². The van der Waals surface area contributed by atoms with Gasteiger partial charge in [-0.25, -0.2) is 4.79 Å². The molecular weight excluding hydrogens is 224 g/mol. The summed E-state index contributed by atoms with van der Waals surface area (Å²) in [5, 5.41) is 16.0. The molecule has 0 fully saturated rings. The van der Waals surface area contributed by atoms with Crippen LogP contribution in [0.4, 0.5) is 0 Å². The summed E-state index contributed by atoms with van der Waals surface area (Å²) < 4.78 is 0.286. The van der Waals surface area contributed by atoms with Crippen LogP contribution >= 0.6 is 15.9 Å². The number of hydrogen-bond donors (Lipinski definition) is 1. The number of carboxylic acid groups (broad SMARTS) is 1. The second-order valence-corrected chi connectivity index (χ2v) is 2.95. The molecule has 64 valence electrons. The Balaban J connectivity index is 3.29. The minimum Gasteiger partial charge on any atom is -0.478 e. The number of carbonyl (C=O) groups is 1. The monoisotopic (exact) mass is 230 g/mol. The molecule has 1 rings (SSSR count). The first-order valence-electron chi connectivity index (χ1n) is 3.40. The van der Waals surface area contributed by atoms with Crippen molar-refractivity contribution in [3.8, 4) is 0 Å². The summed E-state index contributed by atoms with van der Waals surface area (Å²) >= 11 is 3.03. The minimum absolute atomic E-state index is 0.201. The first-order chi connectivity index (χ1) is 5.66. The van der Waals surface area contributed by atoms with E-state index in [1.807, 2.05) is 6.92 Å². The van der Waals surface area contributed by atoms with Gasteiger partial charge in [-0.05, 0) is 27.9 Å². The van der Waals surface area contributed by atoms with E-state index < -0.39 is 5.97 Å². The Hall–Kier alpha value is -0.970. The van der Waals surface area contributed by atoms with Gasteiger partial charge in [0.1, 0.15) is 4.60 Å². The normalized spacial score (nSPS) is 9.83. The highest BCUT2D eigenvalue weighted by Crippen LogP contribution is 2.16. The summed E-state index contributed by atoms with van der Waals surface area (Å²) in [5.41, 5.74) is 0.886. The molecule has 0 radical (unpaired) electrons. The molecule has 0 amide bonds. The molecule has 5 heteroatoms. The molecule has 0 aliphatic heterocycles. The van der Waals surface area contributed by atoms with E-state index in [2.05, 4.69) is 26.1 Å².